The van der Waals surface area contributed by atoms with Crippen molar-refractivity contribution in [3.8, 4) is 0 Å². The molecule has 4 nitrogen and oxygen atoms in total. The van der Waals surface area contributed by atoms with Crippen LogP contribution in [0.3, 0.4) is 0 Å². The molecule has 0 heterocycles. The van der Waals surface area contributed by atoms with E-state index in [4.69, 9.17) is 16.7 Å². The number of carbonyl (C=O) groups excluding carboxylic acids is 1. The molecule has 1 aromatic carbocycles. The number of hydrogen-bond acceptors (Lipinski definition) is 2. The first kappa shape index (κ1) is 14.8. The minimum atomic E-state index is -1.18. The molecule has 20 heavy (non-hydrogen) atoms. The van der Waals surface area contributed by atoms with Crippen LogP contribution in [-0.4, -0.2) is 27.9 Å². The standard InChI is InChI=1S/C14H15ClFNO3/c1-8(14(19)20)13(18)17(9-5-6-9)7-10-11(15)3-2-4-12(10)16/h2-4,8-9H,5-7H2,1H3,(H,19,20). The van der Waals surface area contributed by atoms with E-state index in [1.807, 2.05) is 0 Å². The molecule has 0 bridgehead atoms. The van der Waals surface area contributed by atoms with Crippen LogP contribution in [0.25, 0.3) is 0 Å². The Morgan fingerprint density at radius 2 is 2.15 bits per heavy atom. The summed E-state index contributed by atoms with van der Waals surface area (Å²) in [4.78, 5) is 24.5. The summed E-state index contributed by atoms with van der Waals surface area (Å²) in [5.74, 6) is -3.31. The molecule has 0 saturated heterocycles. The minimum absolute atomic E-state index is 0.00657. The molecule has 1 N–H and O–H groups in total. The average Bonchev–Trinajstić information content (AvgIpc) is 3.21. The van der Waals surface area contributed by atoms with Gasteiger partial charge in [-0.1, -0.05) is 17.7 Å². The second-order valence-electron chi connectivity index (χ2n) is 4.96. The lowest BCUT2D eigenvalue weighted by Crippen LogP contribution is -2.39. The molecule has 0 spiro atoms. The van der Waals surface area contributed by atoms with Crippen molar-refractivity contribution in [2.45, 2.75) is 32.4 Å². The number of carboxylic acid groups (broad SMARTS) is 1. The fourth-order valence-electron chi connectivity index (χ4n) is 1.98. The minimum Gasteiger partial charge on any atom is -0.481 e. The summed E-state index contributed by atoms with van der Waals surface area (Å²) in [6, 6.07) is 4.30. The number of benzene rings is 1. The van der Waals surface area contributed by atoms with Gasteiger partial charge >= 0.3 is 5.97 Å². The predicted octanol–water partition coefficient (Wildman–Crippen LogP) is 2.69. The highest BCUT2D eigenvalue weighted by Crippen LogP contribution is 2.31. The van der Waals surface area contributed by atoms with Crippen LogP contribution in [0.4, 0.5) is 4.39 Å². The number of nitrogens with zero attached hydrogens (tertiary/aromatic N) is 1. The van der Waals surface area contributed by atoms with Crippen molar-refractivity contribution in [3.63, 3.8) is 0 Å². The first-order valence-electron chi connectivity index (χ1n) is 6.38. The predicted molar refractivity (Wildman–Crippen MR) is 71.8 cm³/mol. The molecular weight excluding hydrogens is 285 g/mol. The maximum absolute atomic E-state index is 13.8. The van der Waals surface area contributed by atoms with Crippen LogP contribution >= 0.6 is 11.6 Å². The van der Waals surface area contributed by atoms with Gasteiger partial charge in [-0.15, -0.1) is 0 Å². The fourth-order valence-corrected chi connectivity index (χ4v) is 2.20. The Labute approximate surface area is 121 Å². The number of aliphatic carboxylic acids is 1. The quantitative estimate of drug-likeness (QED) is 0.851. The van der Waals surface area contributed by atoms with E-state index in [-0.39, 0.29) is 23.2 Å². The molecule has 0 aliphatic heterocycles. The molecular formula is C14H15ClFNO3. The van der Waals surface area contributed by atoms with Gasteiger partial charge in [-0.3, -0.25) is 9.59 Å². The van der Waals surface area contributed by atoms with E-state index in [0.29, 0.717) is 0 Å². The van der Waals surface area contributed by atoms with Crippen molar-refractivity contribution in [1.82, 2.24) is 4.90 Å². The van der Waals surface area contributed by atoms with Crippen molar-refractivity contribution < 1.29 is 19.1 Å². The molecule has 1 aliphatic carbocycles. The van der Waals surface area contributed by atoms with Gasteiger partial charge < -0.3 is 10.0 Å². The van der Waals surface area contributed by atoms with Crippen LogP contribution in [0.2, 0.25) is 5.02 Å². The Morgan fingerprint density at radius 3 is 2.65 bits per heavy atom. The smallest absolute Gasteiger partial charge is 0.315 e. The largest absolute Gasteiger partial charge is 0.481 e. The van der Waals surface area contributed by atoms with Crippen LogP contribution in [0.1, 0.15) is 25.3 Å². The van der Waals surface area contributed by atoms with E-state index in [9.17, 15) is 14.0 Å². The zero-order chi connectivity index (χ0) is 14.9. The highest BCUT2D eigenvalue weighted by Gasteiger charge is 2.37. The number of carboxylic acids is 1. The zero-order valence-electron chi connectivity index (χ0n) is 11.0. The third-order valence-corrected chi connectivity index (χ3v) is 3.76. The van der Waals surface area contributed by atoms with Crippen molar-refractivity contribution >= 4 is 23.5 Å². The van der Waals surface area contributed by atoms with Crippen molar-refractivity contribution in [2.24, 2.45) is 5.92 Å². The van der Waals surface area contributed by atoms with Gasteiger partial charge in [0.2, 0.25) is 5.91 Å². The van der Waals surface area contributed by atoms with Gasteiger partial charge in [0.05, 0.1) is 6.54 Å². The van der Waals surface area contributed by atoms with Crippen molar-refractivity contribution in [2.75, 3.05) is 0 Å². The second kappa shape index (κ2) is 5.79. The van der Waals surface area contributed by atoms with Gasteiger partial charge in [-0.25, -0.2) is 4.39 Å². The van der Waals surface area contributed by atoms with E-state index in [0.717, 1.165) is 12.8 Å². The molecule has 108 valence electrons. The Bertz CT molecular complexity index is 525. The molecule has 1 saturated carbocycles. The molecule has 2 rings (SSSR count). The third-order valence-electron chi connectivity index (χ3n) is 3.40. The number of rotatable bonds is 5. The third kappa shape index (κ3) is 3.10. The molecule has 1 unspecified atom stereocenters. The first-order valence-corrected chi connectivity index (χ1v) is 6.75. The maximum Gasteiger partial charge on any atom is 0.315 e. The van der Waals surface area contributed by atoms with E-state index in [1.165, 1.54) is 24.0 Å². The van der Waals surface area contributed by atoms with Gasteiger partial charge in [0.1, 0.15) is 11.7 Å². The van der Waals surface area contributed by atoms with Crippen molar-refractivity contribution in [3.05, 3.63) is 34.6 Å². The second-order valence-corrected chi connectivity index (χ2v) is 5.36. The van der Waals surface area contributed by atoms with Gasteiger partial charge in [0.15, 0.2) is 0 Å². The van der Waals surface area contributed by atoms with E-state index >= 15 is 0 Å². The maximum atomic E-state index is 13.8. The summed E-state index contributed by atoms with van der Waals surface area (Å²) in [6.07, 6.45) is 1.62. The molecule has 0 aromatic heterocycles. The average molecular weight is 300 g/mol. The van der Waals surface area contributed by atoms with E-state index in [2.05, 4.69) is 0 Å². The molecule has 6 heteroatoms. The summed E-state index contributed by atoms with van der Waals surface area (Å²) < 4.78 is 13.8. The van der Waals surface area contributed by atoms with E-state index in [1.54, 1.807) is 6.07 Å². The lowest BCUT2D eigenvalue weighted by Gasteiger charge is -2.25. The molecule has 1 aromatic rings. The van der Waals surface area contributed by atoms with Crippen LogP contribution < -0.4 is 0 Å². The molecule has 0 radical (unpaired) electrons. The first-order chi connectivity index (χ1) is 9.41. The summed E-state index contributed by atoms with van der Waals surface area (Å²) in [5.41, 5.74) is 0.229. The summed E-state index contributed by atoms with van der Waals surface area (Å²) in [6.45, 7) is 1.34. The highest BCUT2D eigenvalue weighted by atomic mass is 35.5. The Morgan fingerprint density at radius 1 is 1.50 bits per heavy atom. The van der Waals surface area contributed by atoms with Gasteiger partial charge in [-0.2, -0.15) is 0 Å². The van der Waals surface area contributed by atoms with E-state index < -0.39 is 23.6 Å². The number of halogens is 2. The lowest BCUT2D eigenvalue weighted by atomic mass is 10.1. The molecule has 1 atom stereocenters. The van der Waals surface area contributed by atoms with Gasteiger partial charge in [0, 0.05) is 16.6 Å². The Balaban J connectivity index is 2.22. The monoisotopic (exact) mass is 299 g/mol. The molecule has 1 aliphatic rings. The van der Waals surface area contributed by atoms with Crippen LogP contribution in [0, 0.1) is 11.7 Å². The number of amides is 1. The number of hydrogen-bond donors (Lipinski definition) is 1. The van der Waals surface area contributed by atoms with Crippen LogP contribution in [0.15, 0.2) is 18.2 Å². The summed E-state index contributed by atoms with van der Waals surface area (Å²) >= 11 is 5.95. The SMILES string of the molecule is CC(C(=O)O)C(=O)N(Cc1c(F)cccc1Cl)C1CC1. The summed E-state index contributed by atoms with van der Waals surface area (Å²) in [5, 5.41) is 9.17. The lowest BCUT2D eigenvalue weighted by molar-refractivity contribution is -0.150. The molecule has 1 fully saturated rings. The zero-order valence-corrected chi connectivity index (χ0v) is 11.7. The van der Waals surface area contributed by atoms with Gasteiger partial charge in [-0.05, 0) is 31.9 Å². The van der Waals surface area contributed by atoms with Crippen LogP contribution in [0.5, 0.6) is 0 Å². The normalized spacial score (nSPS) is 15.8. The number of carbonyl (C=O) groups is 2. The van der Waals surface area contributed by atoms with Crippen LogP contribution in [-0.2, 0) is 16.1 Å². The van der Waals surface area contributed by atoms with Gasteiger partial charge in [0.25, 0.3) is 0 Å². The Hall–Kier alpha value is -1.62. The van der Waals surface area contributed by atoms with Crippen molar-refractivity contribution in [1.29, 1.82) is 0 Å². The fraction of sp³-hybridized carbons (Fsp3) is 0.429. The summed E-state index contributed by atoms with van der Waals surface area (Å²) in [7, 11) is 0. The Kier molecular flexibility index (Phi) is 4.28. The molecule has 1 amide bonds. The topological polar surface area (TPSA) is 57.6 Å². The highest BCUT2D eigenvalue weighted by molar-refractivity contribution is 6.31.